The quantitative estimate of drug-likeness (QED) is 0.356. The molecule has 0 bridgehead atoms. The van der Waals surface area contributed by atoms with Gasteiger partial charge < -0.3 is 10.2 Å². The second-order valence-corrected chi connectivity index (χ2v) is 11.0. The normalized spacial score (nSPS) is 12.5. The number of carbonyl (C=O) groups is 2. The summed E-state index contributed by atoms with van der Waals surface area (Å²) in [6.07, 6.45) is 2.06. The number of hydrogen-bond donors (Lipinski definition) is 1. The molecule has 3 aromatic rings. The molecule has 2 amide bonds. The predicted molar refractivity (Wildman–Crippen MR) is 143 cm³/mol. The van der Waals surface area contributed by atoms with Crippen LogP contribution in [0.4, 0.5) is 4.39 Å². The molecule has 1 unspecified atom stereocenters. The monoisotopic (exact) mass is 527 g/mol. The Bertz CT molecular complexity index is 1330. The van der Waals surface area contributed by atoms with Crippen LogP contribution in [0.25, 0.3) is 10.8 Å². The molecular weight excluding hydrogens is 493 g/mol. The van der Waals surface area contributed by atoms with Crippen LogP contribution in [0.2, 0.25) is 0 Å². The molecule has 3 rings (SSSR count). The second kappa shape index (κ2) is 12.8. The number of carbonyl (C=O) groups excluding carboxylic acids is 2. The van der Waals surface area contributed by atoms with Gasteiger partial charge in [0.25, 0.3) is 0 Å². The molecule has 0 aliphatic rings. The largest absolute Gasteiger partial charge is 0.354 e. The van der Waals surface area contributed by atoms with E-state index in [0.29, 0.717) is 18.5 Å². The van der Waals surface area contributed by atoms with Gasteiger partial charge in [0.1, 0.15) is 11.9 Å². The van der Waals surface area contributed by atoms with Gasteiger partial charge in [-0.2, -0.15) is 4.31 Å². The van der Waals surface area contributed by atoms with E-state index in [2.05, 4.69) is 5.32 Å². The number of rotatable bonds is 12. The van der Waals surface area contributed by atoms with Gasteiger partial charge in [0, 0.05) is 20.1 Å². The number of likely N-dealkylation sites (N-methyl/N-ethyl adjacent to an activating group) is 1. The number of halogens is 1. The summed E-state index contributed by atoms with van der Waals surface area (Å²) >= 11 is 0. The average Bonchev–Trinajstić information content (AvgIpc) is 2.89. The van der Waals surface area contributed by atoms with Crippen molar-refractivity contribution in [1.29, 1.82) is 0 Å². The van der Waals surface area contributed by atoms with Crippen molar-refractivity contribution >= 4 is 32.6 Å². The van der Waals surface area contributed by atoms with E-state index in [1.54, 1.807) is 31.2 Å². The van der Waals surface area contributed by atoms with E-state index in [1.165, 1.54) is 30.1 Å². The first-order chi connectivity index (χ1) is 17.7. The van der Waals surface area contributed by atoms with Gasteiger partial charge in [0.15, 0.2) is 0 Å². The summed E-state index contributed by atoms with van der Waals surface area (Å²) in [6.45, 7) is 3.89. The molecule has 3 aromatic carbocycles. The number of unbranched alkanes of at least 4 members (excludes halogenated alkanes) is 1. The molecule has 0 saturated carbocycles. The Balaban J connectivity index is 1.85. The molecular formula is C28H34FN3O4S. The first-order valence-electron chi connectivity index (χ1n) is 12.4. The lowest BCUT2D eigenvalue weighted by Crippen LogP contribution is -2.51. The van der Waals surface area contributed by atoms with Crippen LogP contribution in [-0.4, -0.2) is 55.6 Å². The Hall–Kier alpha value is -3.30. The van der Waals surface area contributed by atoms with E-state index in [0.717, 1.165) is 27.9 Å². The molecule has 1 atom stereocenters. The van der Waals surface area contributed by atoms with E-state index in [9.17, 15) is 22.4 Å². The maximum absolute atomic E-state index is 13.5. The molecule has 0 saturated heterocycles. The van der Waals surface area contributed by atoms with Crippen LogP contribution < -0.4 is 5.32 Å². The maximum Gasteiger partial charge on any atom is 0.243 e. The van der Waals surface area contributed by atoms with Crippen LogP contribution in [0.3, 0.4) is 0 Å². The van der Waals surface area contributed by atoms with Crippen molar-refractivity contribution in [3.63, 3.8) is 0 Å². The van der Waals surface area contributed by atoms with E-state index in [1.807, 2.05) is 31.2 Å². The third kappa shape index (κ3) is 7.14. The number of nitrogens with zero attached hydrogens (tertiary/aromatic N) is 2. The fraction of sp³-hybridized carbons (Fsp3) is 0.357. The van der Waals surface area contributed by atoms with Crippen LogP contribution in [0.15, 0.2) is 71.6 Å². The topological polar surface area (TPSA) is 86.8 Å². The number of sulfonamides is 1. The van der Waals surface area contributed by atoms with Gasteiger partial charge in [-0.15, -0.1) is 0 Å². The zero-order chi connectivity index (χ0) is 27.0. The Kier molecular flexibility index (Phi) is 9.77. The highest BCUT2D eigenvalue weighted by Crippen LogP contribution is 2.22. The van der Waals surface area contributed by atoms with Crippen molar-refractivity contribution in [2.45, 2.75) is 50.6 Å². The van der Waals surface area contributed by atoms with E-state index >= 15 is 0 Å². The summed E-state index contributed by atoms with van der Waals surface area (Å²) in [5.74, 6) is -1.23. The molecule has 1 N–H and O–H groups in total. The standard InChI is InChI=1S/C28H34FN3O4S/c1-4-6-17-30-28(34)26(5-2)32(19-21-11-14-24(29)15-12-21)27(33)20-31(3)37(35,36)25-16-13-22-9-7-8-10-23(22)18-25/h7-16,18,26H,4-6,17,19-20H2,1-3H3,(H,30,34). The van der Waals surface area contributed by atoms with Crippen molar-refractivity contribution in [3.8, 4) is 0 Å². The van der Waals surface area contributed by atoms with Gasteiger partial charge in [-0.05, 0) is 53.4 Å². The molecule has 0 aromatic heterocycles. The van der Waals surface area contributed by atoms with Gasteiger partial charge in [-0.3, -0.25) is 9.59 Å². The molecule has 9 heteroatoms. The van der Waals surface area contributed by atoms with E-state index < -0.39 is 34.3 Å². The Morgan fingerprint density at radius 1 is 0.973 bits per heavy atom. The molecule has 0 radical (unpaired) electrons. The van der Waals surface area contributed by atoms with Crippen LogP contribution in [-0.2, 0) is 26.2 Å². The first-order valence-corrected chi connectivity index (χ1v) is 13.9. The summed E-state index contributed by atoms with van der Waals surface area (Å²) < 4.78 is 41.1. The minimum absolute atomic E-state index is 0.0443. The number of hydrogen-bond acceptors (Lipinski definition) is 4. The predicted octanol–water partition coefficient (Wildman–Crippen LogP) is 4.32. The summed E-state index contributed by atoms with van der Waals surface area (Å²) in [4.78, 5) is 27.9. The van der Waals surface area contributed by atoms with E-state index in [-0.39, 0.29) is 17.3 Å². The Morgan fingerprint density at radius 3 is 2.30 bits per heavy atom. The second-order valence-electron chi connectivity index (χ2n) is 8.99. The minimum atomic E-state index is -3.97. The van der Waals surface area contributed by atoms with E-state index in [4.69, 9.17) is 0 Å². The number of nitrogens with one attached hydrogen (secondary N) is 1. The highest BCUT2D eigenvalue weighted by molar-refractivity contribution is 7.89. The number of benzene rings is 3. The lowest BCUT2D eigenvalue weighted by atomic mass is 10.1. The lowest BCUT2D eigenvalue weighted by molar-refractivity contribution is -0.141. The fourth-order valence-electron chi connectivity index (χ4n) is 4.09. The Morgan fingerprint density at radius 2 is 1.65 bits per heavy atom. The van der Waals surface area contributed by atoms with Crippen molar-refractivity contribution in [2.75, 3.05) is 20.1 Å². The highest BCUT2D eigenvalue weighted by Gasteiger charge is 2.31. The van der Waals surface area contributed by atoms with Crippen molar-refractivity contribution in [2.24, 2.45) is 0 Å². The first kappa shape index (κ1) is 28.3. The summed E-state index contributed by atoms with van der Waals surface area (Å²) in [5, 5.41) is 4.55. The summed E-state index contributed by atoms with van der Waals surface area (Å²) in [7, 11) is -2.62. The van der Waals surface area contributed by atoms with Gasteiger partial charge in [0.05, 0.1) is 11.4 Å². The molecule has 0 fully saturated rings. The van der Waals surface area contributed by atoms with Crippen molar-refractivity contribution in [3.05, 3.63) is 78.1 Å². The average molecular weight is 528 g/mol. The summed E-state index contributed by atoms with van der Waals surface area (Å²) in [5.41, 5.74) is 0.634. The smallest absolute Gasteiger partial charge is 0.243 e. The van der Waals surface area contributed by atoms with Crippen molar-refractivity contribution in [1.82, 2.24) is 14.5 Å². The Labute approximate surface area is 218 Å². The summed E-state index contributed by atoms with van der Waals surface area (Å²) in [6, 6.07) is 17.1. The molecule has 7 nitrogen and oxygen atoms in total. The zero-order valence-corrected chi connectivity index (χ0v) is 22.3. The van der Waals surface area contributed by atoms with Crippen LogP contribution in [0.1, 0.15) is 38.7 Å². The SMILES string of the molecule is CCCCNC(=O)C(CC)N(Cc1ccc(F)cc1)C(=O)CN(C)S(=O)(=O)c1ccc2ccccc2c1. The molecule has 0 aliphatic carbocycles. The number of fused-ring (bicyclic) bond motifs is 1. The third-order valence-corrected chi connectivity index (χ3v) is 8.07. The van der Waals surface area contributed by atoms with Crippen LogP contribution in [0, 0.1) is 5.82 Å². The molecule has 0 aliphatic heterocycles. The zero-order valence-electron chi connectivity index (χ0n) is 21.5. The molecule has 198 valence electrons. The number of amides is 2. The van der Waals surface area contributed by atoms with Gasteiger partial charge in [0.2, 0.25) is 21.8 Å². The van der Waals surface area contributed by atoms with Crippen molar-refractivity contribution < 1.29 is 22.4 Å². The van der Waals surface area contributed by atoms with Gasteiger partial charge in [-0.1, -0.05) is 62.7 Å². The fourth-order valence-corrected chi connectivity index (χ4v) is 5.24. The highest BCUT2D eigenvalue weighted by atomic mass is 32.2. The van der Waals surface area contributed by atoms with Gasteiger partial charge >= 0.3 is 0 Å². The van der Waals surface area contributed by atoms with Crippen LogP contribution >= 0.6 is 0 Å². The molecule has 0 spiro atoms. The van der Waals surface area contributed by atoms with Gasteiger partial charge in [-0.25, -0.2) is 12.8 Å². The van der Waals surface area contributed by atoms with Crippen LogP contribution in [0.5, 0.6) is 0 Å². The molecule has 37 heavy (non-hydrogen) atoms. The minimum Gasteiger partial charge on any atom is -0.354 e. The lowest BCUT2D eigenvalue weighted by Gasteiger charge is -2.32. The maximum atomic E-state index is 13.5. The third-order valence-electron chi connectivity index (χ3n) is 6.27. The molecule has 0 heterocycles.